The van der Waals surface area contributed by atoms with E-state index in [0.717, 1.165) is 56.8 Å². The van der Waals surface area contributed by atoms with Crippen LogP contribution in [0.2, 0.25) is 0 Å². The van der Waals surface area contributed by atoms with Crippen molar-refractivity contribution in [2.24, 2.45) is 5.92 Å². The van der Waals surface area contributed by atoms with Crippen LogP contribution in [0.3, 0.4) is 0 Å². The van der Waals surface area contributed by atoms with Crippen molar-refractivity contribution in [1.29, 1.82) is 0 Å². The fourth-order valence-corrected chi connectivity index (χ4v) is 4.22. The number of carbonyl (C=O) groups excluding carboxylic acids is 1. The average Bonchev–Trinajstić information content (AvgIpc) is 3.12. The molecule has 1 aromatic rings. The van der Waals surface area contributed by atoms with Crippen LogP contribution in [0.1, 0.15) is 40.1 Å². The summed E-state index contributed by atoms with van der Waals surface area (Å²) in [6.45, 7) is 9.29. The van der Waals surface area contributed by atoms with Crippen LogP contribution >= 0.6 is 11.3 Å². The lowest BCUT2D eigenvalue weighted by Gasteiger charge is -2.33. The topological polar surface area (TPSA) is 41.6 Å². The Labute approximate surface area is 136 Å². The van der Waals surface area contributed by atoms with Gasteiger partial charge in [-0.15, -0.1) is 11.3 Å². The minimum absolute atomic E-state index is 0.101. The third kappa shape index (κ3) is 3.70. The molecule has 0 aromatic carbocycles. The summed E-state index contributed by atoms with van der Waals surface area (Å²) in [4.78, 5) is 16.1. The fraction of sp³-hybridized carbons (Fsp3) is 0.706. The Morgan fingerprint density at radius 2 is 2.14 bits per heavy atom. The van der Waals surface area contributed by atoms with Gasteiger partial charge in [0.2, 0.25) is 0 Å². The largest absolute Gasteiger partial charge is 0.381 e. The van der Waals surface area contributed by atoms with E-state index in [1.165, 1.54) is 11.3 Å². The predicted molar refractivity (Wildman–Crippen MR) is 89.6 cm³/mol. The zero-order valence-electron chi connectivity index (χ0n) is 13.6. The lowest BCUT2D eigenvalue weighted by atomic mass is 10.0. The standard InChI is InChI=1S/C17H26N2O2S/c1-12-13(2)22-11-16(12)17(20)18-15-3-6-19(7-4-15)9-14-5-8-21-10-14/h11,14-15H,3-10H2,1-2H3,(H,18,20). The molecule has 2 fully saturated rings. The van der Waals surface area contributed by atoms with Gasteiger partial charge in [-0.2, -0.15) is 0 Å². The summed E-state index contributed by atoms with van der Waals surface area (Å²) in [7, 11) is 0. The molecular formula is C17H26N2O2S. The van der Waals surface area contributed by atoms with Crippen molar-refractivity contribution >= 4 is 17.2 Å². The molecule has 3 heterocycles. The number of carbonyl (C=O) groups is 1. The molecule has 2 aliphatic rings. The van der Waals surface area contributed by atoms with Crippen molar-refractivity contribution in [2.75, 3.05) is 32.8 Å². The molecule has 1 aromatic heterocycles. The molecule has 2 saturated heterocycles. The van der Waals surface area contributed by atoms with Crippen LogP contribution < -0.4 is 5.32 Å². The first-order valence-electron chi connectivity index (χ1n) is 8.29. The number of hydrogen-bond acceptors (Lipinski definition) is 4. The summed E-state index contributed by atoms with van der Waals surface area (Å²) in [5.41, 5.74) is 1.98. The predicted octanol–water partition coefficient (Wildman–Crippen LogP) is 2.60. The van der Waals surface area contributed by atoms with Gasteiger partial charge < -0.3 is 15.0 Å². The summed E-state index contributed by atoms with van der Waals surface area (Å²) in [5, 5.41) is 5.20. The van der Waals surface area contributed by atoms with Crippen molar-refractivity contribution in [3.05, 3.63) is 21.4 Å². The van der Waals surface area contributed by atoms with Gasteiger partial charge in [0.25, 0.3) is 5.91 Å². The van der Waals surface area contributed by atoms with Gasteiger partial charge in [0, 0.05) is 42.5 Å². The first kappa shape index (κ1) is 16.0. The summed E-state index contributed by atoms with van der Waals surface area (Å²) in [5.74, 6) is 0.812. The normalized spacial score (nSPS) is 23.8. The van der Waals surface area contributed by atoms with Crippen LogP contribution in [0.4, 0.5) is 0 Å². The molecule has 1 N–H and O–H groups in total. The molecule has 1 atom stereocenters. The van der Waals surface area contributed by atoms with Crippen molar-refractivity contribution in [1.82, 2.24) is 10.2 Å². The van der Waals surface area contributed by atoms with Gasteiger partial charge in [-0.25, -0.2) is 0 Å². The lowest BCUT2D eigenvalue weighted by molar-refractivity contribution is 0.0903. The molecule has 122 valence electrons. The van der Waals surface area contributed by atoms with Gasteiger partial charge >= 0.3 is 0 Å². The number of amides is 1. The number of likely N-dealkylation sites (tertiary alicyclic amines) is 1. The molecule has 0 aliphatic carbocycles. The lowest BCUT2D eigenvalue weighted by Crippen LogP contribution is -2.45. The van der Waals surface area contributed by atoms with Crippen LogP contribution in [0, 0.1) is 19.8 Å². The van der Waals surface area contributed by atoms with Crippen LogP contribution in [0.25, 0.3) is 0 Å². The fourth-order valence-electron chi connectivity index (χ4n) is 3.35. The van der Waals surface area contributed by atoms with Gasteiger partial charge in [0.15, 0.2) is 0 Å². The molecule has 22 heavy (non-hydrogen) atoms. The van der Waals surface area contributed by atoms with E-state index in [2.05, 4.69) is 17.1 Å². The molecule has 1 amide bonds. The number of hydrogen-bond donors (Lipinski definition) is 1. The van der Waals surface area contributed by atoms with Crippen molar-refractivity contribution in [3.8, 4) is 0 Å². The monoisotopic (exact) mass is 322 g/mol. The molecular weight excluding hydrogens is 296 g/mol. The Bertz CT molecular complexity index is 515. The smallest absolute Gasteiger partial charge is 0.252 e. The summed E-state index contributed by atoms with van der Waals surface area (Å²) in [6.07, 6.45) is 3.32. The highest BCUT2D eigenvalue weighted by Gasteiger charge is 2.25. The van der Waals surface area contributed by atoms with E-state index in [1.807, 2.05) is 12.3 Å². The Morgan fingerprint density at radius 1 is 1.36 bits per heavy atom. The minimum Gasteiger partial charge on any atom is -0.381 e. The van der Waals surface area contributed by atoms with Gasteiger partial charge in [-0.05, 0) is 44.6 Å². The summed E-state index contributed by atoms with van der Waals surface area (Å²) >= 11 is 1.66. The number of ether oxygens (including phenoxy) is 1. The second-order valence-electron chi connectivity index (χ2n) is 6.61. The van der Waals surface area contributed by atoms with Gasteiger partial charge in [0.1, 0.15) is 0 Å². The van der Waals surface area contributed by atoms with E-state index in [-0.39, 0.29) is 5.91 Å². The Kier molecular flexibility index (Phi) is 5.16. The van der Waals surface area contributed by atoms with E-state index < -0.39 is 0 Å². The number of nitrogens with one attached hydrogen (secondary N) is 1. The summed E-state index contributed by atoms with van der Waals surface area (Å²) < 4.78 is 5.45. The highest BCUT2D eigenvalue weighted by atomic mass is 32.1. The highest BCUT2D eigenvalue weighted by Crippen LogP contribution is 2.22. The second kappa shape index (κ2) is 7.11. The highest BCUT2D eigenvalue weighted by molar-refractivity contribution is 7.10. The third-order valence-electron chi connectivity index (χ3n) is 4.99. The molecule has 4 nitrogen and oxygen atoms in total. The van der Waals surface area contributed by atoms with Crippen molar-refractivity contribution in [3.63, 3.8) is 0 Å². The van der Waals surface area contributed by atoms with Crippen LogP contribution in [0.5, 0.6) is 0 Å². The number of rotatable bonds is 4. The number of aryl methyl sites for hydroxylation is 1. The van der Waals surface area contributed by atoms with Crippen LogP contribution in [0.15, 0.2) is 5.38 Å². The zero-order chi connectivity index (χ0) is 15.5. The van der Waals surface area contributed by atoms with E-state index in [0.29, 0.717) is 12.0 Å². The maximum Gasteiger partial charge on any atom is 0.252 e. The Hall–Kier alpha value is -0.910. The van der Waals surface area contributed by atoms with Gasteiger partial charge in [-0.1, -0.05) is 0 Å². The number of piperidine rings is 1. The maximum absolute atomic E-state index is 12.4. The molecule has 0 saturated carbocycles. The third-order valence-corrected chi connectivity index (χ3v) is 6.01. The van der Waals surface area contributed by atoms with E-state index in [1.54, 1.807) is 11.3 Å². The second-order valence-corrected chi connectivity index (χ2v) is 7.69. The van der Waals surface area contributed by atoms with Crippen LogP contribution in [-0.2, 0) is 4.74 Å². The molecule has 0 spiro atoms. The Morgan fingerprint density at radius 3 is 2.73 bits per heavy atom. The first-order valence-corrected chi connectivity index (χ1v) is 9.17. The average molecular weight is 322 g/mol. The molecule has 2 aliphatic heterocycles. The molecule has 3 rings (SSSR count). The number of thiophene rings is 1. The van der Waals surface area contributed by atoms with Gasteiger partial charge in [-0.3, -0.25) is 4.79 Å². The Balaban J connectivity index is 1.45. The van der Waals surface area contributed by atoms with E-state index in [4.69, 9.17) is 4.74 Å². The zero-order valence-corrected chi connectivity index (χ0v) is 14.4. The number of nitrogens with zero attached hydrogens (tertiary/aromatic N) is 1. The summed E-state index contributed by atoms with van der Waals surface area (Å²) in [6, 6.07) is 0.322. The SMILES string of the molecule is Cc1scc(C(=O)NC2CCN(CC3CCOC3)CC2)c1C. The van der Waals surface area contributed by atoms with Gasteiger partial charge in [0.05, 0.1) is 12.2 Å². The minimum atomic E-state index is 0.101. The maximum atomic E-state index is 12.4. The first-order chi connectivity index (χ1) is 10.6. The molecule has 5 heteroatoms. The quantitative estimate of drug-likeness (QED) is 0.926. The van der Waals surface area contributed by atoms with Crippen molar-refractivity contribution in [2.45, 2.75) is 39.2 Å². The van der Waals surface area contributed by atoms with Crippen LogP contribution in [-0.4, -0.2) is 49.7 Å². The molecule has 0 radical (unpaired) electrons. The molecule has 0 bridgehead atoms. The molecule has 1 unspecified atom stereocenters. The van der Waals surface area contributed by atoms with Crippen molar-refractivity contribution < 1.29 is 9.53 Å². The van der Waals surface area contributed by atoms with E-state index in [9.17, 15) is 4.79 Å². The van der Waals surface area contributed by atoms with E-state index >= 15 is 0 Å².